The zero-order chi connectivity index (χ0) is 37.2. The molecule has 6 rings (SSSR count). The fraction of sp³-hybridized carbons (Fsp3) is 0.308. The molecule has 278 valence electrons. The zero-order valence-corrected chi connectivity index (χ0v) is 34.2. The molecule has 0 saturated heterocycles. The highest BCUT2D eigenvalue weighted by molar-refractivity contribution is 7.25. The smallest absolute Gasteiger partial charge is 0.0449 e. The Morgan fingerprint density at radius 1 is 0.315 bits per heavy atom. The summed E-state index contributed by atoms with van der Waals surface area (Å²) in [4.78, 5) is 5.26. The van der Waals surface area contributed by atoms with Gasteiger partial charge in [-0.05, 0) is 94.5 Å². The topological polar surface area (TPSA) is 0 Å². The maximum absolute atomic E-state index is 2.30. The van der Waals surface area contributed by atoms with Crippen LogP contribution in [-0.2, 0) is 12.8 Å². The van der Waals surface area contributed by atoms with E-state index >= 15 is 0 Å². The van der Waals surface area contributed by atoms with Gasteiger partial charge in [-0.3, -0.25) is 0 Å². The molecule has 0 N–H and O–H groups in total. The molecule has 6 aromatic rings. The molecule has 0 aliphatic heterocycles. The predicted molar refractivity (Wildman–Crippen MR) is 243 cm³/mol. The number of benzene rings is 4. The first-order valence-electron chi connectivity index (χ1n) is 20.6. The standard InChI is InChI=1S/C52H58S2/c1-3-5-7-9-11-13-15-41-17-21-43(22-18-41)25-27-45-29-33-47(34-30-45)49-37-39-51(53-49)52-40-38-50(54-52)48-35-31-46(32-36-48)28-26-44-23-19-42(20-24-44)16-14-12-10-8-6-4-2/h17-40H,3-16H2,1-2H3. The molecule has 0 atom stereocenters. The molecular weight excluding hydrogens is 689 g/mol. The van der Waals surface area contributed by atoms with Crippen LogP contribution in [0.4, 0.5) is 0 Å². The molecule has 0 bridgehead atoms. The summed E-state index contributed by atoms with van der Waals surface area (Å²) in [7, 11) is 0. The van der Waals surface area contributed by atoms with E-state index in [0.717, 1.165) is 0 Å². The minimum absolute atomic E-state index is 1.19. The summed E-state index contributed by atoms with van der Waals surface area (Å²) in [6.07, 6.45) is 27.5. The van der Waals surface area contributed by atoms with Crippen LogP contribution in [0.3, 0.4) is 0 Å². The monoisotopic (exact) mass is 746 g/mol. The zero-order valence-electron chi connectivity index (χ0n) is 32.6. The predicted octanol–water partition coefficient (Wildman–Crippen LogP) is 17.0. The molecule has 0 amide bonds. The van der Waals surface area contributed by atoms with Gasteiger partial charge in [0.05, 0.1) is 0 Å². The van der Waals surface area contributed by atoms with Crippen LogP contribution in [0.1, 0.15) is 124 Å². The average molecular weight is 747 g/mol. The van der Waals surface area contributed by atoms with Gasteiger partial charge >= 0.3 is 0 Å². The van der Waals surface area contributed by atoms with Crippen molar-refractivity contribution >= 4 is 47.0 Å². The van der Waals surface area contributed by atoms with Crippen LogP contribution >= 0.6 is 22.7 Å². The van der Waals surface area contributed by atoms with E-state index in [1.165, 1.54) is 154 Å². The first-order chi connectivity index (χ1) is 26.7. The van der Waals surface area contributed by atoms with Crippen molar-refractivity contribution in [2.24, 2.45) is 0 Å². The van der Waals surface area contributed by atoms with E-state index < -0.39 is 0 Å². The fourth-order valence-electron chi connectivity index (χ4n) is 6.96. The molecule has 0 unspecified atom stereocenters. The van der Waals surface area contributed by atoms with Crippen LogP contribution in [0.5, 0.6) is 0 Å². The number of unbranched alkanes of at least 4 members (excludes halogenated alkanes) is 10. The summed E-state index contributed by atoms with van der Waals surface area (Å²) in [6, 6.07) is 45.2. The summed E-state index contributed by atoms with van der Waals surface area (Å²) in [5, 5.41) is 0. The van der Waals surface area contributed by atoms with Crippen molar-refractivity contribution < 1.29 is 0 Å². The third-order valence-corrected chi connectivity index (χ3v) is 12.8. The van der Waals surface area contributed by atoms with Gasteiger partial charge in [-0.15, -0.1) is 22.7 Å². The lowest BCUT2D eigenvalue weighted by Gasteiger charge is -2.03. The van der Waals surface area contributed by atoms with Crippen LogP contribution in [0, 0.1) is 0 Å². The number of rotatable bonds is 21. The Morgan fingerprint density at radius 3 is 0.963 bits per heavy atom. The maximum atomic E-state index is 2.30. The molecule has 0 aliphatic carbocycles. The van der Waals surface area contributed by atoms with Crippen molar-refractivity contribution in [3.05, 3.63) is 155 Å². The van der Waals surface area contributed by atoms with Crippen molar-refractivity contribution in [2.75, 3.05) is 0 Å². The van der Waals surface area contributed by atoms with Gasteiger partial charge < -0.3 is 0 Å². The minimum atomic E-state index is 1.19. The van der Waals surface area contributed by atoms with E-state index in [9.17, 15) is 0 Å². The first kappa shape index (κ1) is 39.5. The molecule has 4 aromatic carbocycles. The van der Waals surface area contributed by atoms with Gasteiger partial charge in [0.2, 0.25) is 0 Å². The third-order valence-electron chi connectivity index (χ3n) is 10.4. The molecule has 2 aromatic heterocycles. The molecule has 0 aliphatic rings. The van der Waals surface area contributed by atoms with E-state index in [-0.39, 0.29) is 0 Å². The Morgan fingerprint density at radius 2 is 0.611 bits per heavy atom. The lowest BCUT2D eigenvalue weighted by molar-refractivity contribution is 0.607. The van der Waals surface area contributed by atoms with Gasteiger partial charge in [0.25, 0.3) is 0 Å². The van der Waals surface area contributed by atoms with Crippen LogP contribution in [0.2, 0.25) is 0 Å². The summed E-state index contributed by atoms with van der Waals surface area (Å²) in [6.45, 7) is 4.56. The SMILES string of the molecule is CCCCCCCCc1ccc(C=Cc2ccc(-c3ccc(-c4ccc(-c5ccc(C=Cc6ccc(CCCCCCCC)cc6)cc5)s4)s3)cc2)cc1. The highest BCUT2D eigenvalue weighted by Crippen LogP contribution is 2.40. The summed E-state index contributed by atoms with van der Waals surface area (Å²) >= 11 is 3.75. The number of hydrogen-bond acceptors (Lipinski definition) is 2. The summed E-state index contributed by atoms with van der Waals surface area (Å²) < 4.78 is 0. The molecular formula is C52H58S2. The minimum Gasteiger partial charge on any atom is -0.134 e. The molecule has 2 heterocycles. The van der Waals surface area contributed by atoms with Gasteiger partial charge in [-0.2, -0.15) is 0 Å². The first-order valence-corrected chi connectivity index (χ1v) is 22.2. The Bertz CT molecular complexity index is 1850. The van der Waals surface area contributed by atoms with Crippen molar-refractivity contribution in [1.82, 2.24) is 0 Å². The van der Waals surface area contributed by atoms with Crippen LogP contribution in [-0.4, -0.2) is 0 Å². The van der Waals surface area contributed by atoms with Gasteiger partial charge in [-0.1, -0.05) is 199 Å². The number of hydrogen-bond donors (Lipinski definition) is 0. The fourth-order valence-corrected chi connectivity index (χ4v) is 9.08. The van der Waals surface area contributed by atoms with Gasteiger partial charge in [0, 0.05) is 19.5 Å². The molecule has 0 nitrogen and oxygen atoms in total. The highest BCUT2D eigenvalue weighted by Gasteiger charge is 2.09. The van der Waals surface area contributed by atoms with Crippen molar-refractivity contribution in [3.8, 4) is 30.6 Å². The van der Waals surface area contributed by atoms with Gasteiger partial charge in [-0.25, -0.2) is 0 Å². The Kier molecular flexibility index (Phi) is 15.8. The largest absolute Gasteiger partial charge is 0.134 e. The summed E-state index contributed by atoms with van der Waals surface area (Å²) in [5.74, 6) is 0. The Labute approximate surface area is 334 Å². The van der Waals surface area contributed by atoms with Crippen LogP contribution in [0.15, 0.2) is 121 Å². The molecule has 0 spiro atoms. The van der Waals surface area contributed by atoms with E-state index in [2.05, 4.69) is 159 Å². The molecule has 54 heavy (non-hydrogen) atoms. The number of thiophene rings is 2. The van der Waals surface area contributed by atoms with Crippen molar-refractivity contribution in [3.63, 3.8) is 0 Å². The van der Waals surface area contributed by atoms with Gasteiger partial charge in [0.1, 0.15) is 0 Å². The van der Waals surface area contributed by atoms with E-state index in [1.54, 1.807) is 0 Å². The van der Waals surface area contributed by atoms with Crippen molar-refractivity contribution in [2.45, 2.75) is 104 Å². The second kappa shape index (κ2) is 21.6. The lowest BCUT2D eigenvalue weighted by Crippen LogP contribution is -1.86. The lowest BCUT2D eigenvalue weighted by atomic mass is 10.0. The number of aryl methyl sites for hydroxylation is 2. The molecule has 0 saturated carbocycles. The third kappa shape index (κ3) is 12.4. The van der Waals surface area contributed by atoms with E-state index in [1.807, 2.05) is 22.7 Å². The van der Waals surface area contributed by atoms with E-state index in [4.69, 9.17) is 0 Å². The molecule has 0 fully saturated rings. The second-order valence-electron chi connectivity index (χ2n) is 14.8. The summed E-state index contributed by atoms with van der Waals surface area (Å²) in [5.41, 5.74) is 10.4. The highest BCUT2D eigenvalue weighted by atomic mass is 32.1. The van der Waals surface area contributed by atoms with Crippen molar-refractivity contribution in [1.29, 1.82) is 0 Å². The Hall–Kier alpha value is -4.24. The van der Waals surface area contributed by atoms with Crippen LogP contribution in [0.25, 0.3) is 54.9 Å². The van der Waals surface area contributed by atoms with E-state index in [0.29, 0.717) is 0 Å². The normalized spacial score (nSPS) is 11.7. The quantitative estimate of drug-likeness (QED) is 0.0508. The molecule has 2 heteroatoms. The second-order valence-corrected chi connectivity index (χ2v) is 16.9. The maximum Gasteiger partial charge on any atom is 0.0449 e. The van der Waals surface area contributed by atoms with Crippen LogP contribution < -0.4 is 0 Å². The molecule has 0 radical (unpaired) electrons. The Balaban J connectivity index is 0.971. The average Bonchev–Trinajstić information content (AvgIpc) is 3.92. The van der Waals surface area contributed by atoms with Gasteiger partial charge in [0.15, 0.2) is 0 Å².